The number of aliphatic hydroxyl groups is 2. The lowest BCUT2D eigenvalue weighted by Crippen LogP contribution is -2.49. The molecule has 0 unspecified atom stereocenters. The van der Waals surface area contributed by atoms with Crippen molar-refractivity contribution in [3.05, 3.63) is 42.5 Å². The summed E-state index contributed by atoms with van der Waals surface area (Å²) < 4.78 is 7.05. The van der Waals surface area contributed by atoms with Gasteiger partial charge in [0.1, 0.15) is 24.1 Å². The van der Waals surface area contributed by atoms with Crippen LogP contribution in [0.2, 0.25) is 0 Å². The number of rotatable bonds is 4. The first kappa shape index (κ1) is 21.6. The Labute approximate surface area is 182 Å². The number of hydrogen-bond donors (Lipinski definition) is 4. The molecule has 4 rings (SSSR count). The number of carbonyl (C=O) groups excluding carboxylic acids is 2. The summed E-state index contributed by atoms with van der Waals surface area (Å²) in [5.41, 5.74) is 7.88. The van der Waals surface area contributed by atoms with Gasteiger partial charge in [-0.2, -0.15) is 0 Å². The van der Waals surface area contributed by atoms with Crippen LogP contribution in [0.15, 0.2) is 36.9 Å². The molecule has 0 aliphatic carbocycles. The van der Waals surface area contributed by atoms with Gasteiger partial charge in [0.25, 0.3) is 5.91 Å². The number of anilines is 2. The number of imide groups is 1. The van der Waals surface area contributed by atoms with E-state index in [1.165, 1.54) is 17.2 Å². The van der Waals surface area contributed by atoms with Crippen molar-refractivity contribution in [2.75, 3.05) is 17.6 Å². The molecule has 2 aromatic heterocycles. The van der Waals surface area contributed by atoms with E-state index in [1.54, 1.807) is 19.1 Å². The molecule has 5 N–H and O–H groups in total. The number of aliphatic hydroxyl groups excluding tert-OH is 2. The van der Waals surface area contributed by atoms with Gasteiger partial charge in [-0.05, 0) is 26.0 Å². The van der Waals surface area contributed by atoms with Gasteiger partial charge in [-0.3, -0.25) is 14.3 Å². The van der Waals surface area contributed by atoms with E-state index in [9.17, 15) is 19.8 Å². The fourth-order valence-electron chi connectivity index (χ4n) is 3.53. The second-order valence-electron chi connectivity index (χ2n) is 7.39. The number of amides is 3. The number of nitrogen functional groups attached to an aromatic ring is 1. The molecule has 0 spiro atoms. The van der Waals surface area contributed by atoms with Gasteiger partial charge in [0.05, 0.1) is 6.33 Å². The highest BCUT2D eigenvalue weighted by Gasteiger charge is 2.49. The standard InChI is InChI=1S/C20H23N7O5/c1-3-26(20(31)25-11-6-4-10(2)5-7-11)18(30)15-13(28)14(29)19(32-15)27-9-24-12-16(21)22-8-23-17(12)27/h4-9,13-15,19,28-29H,3H2,1-2H3,(H,25,31)(H2,21,22,23)/t13-,14+,15-,19+/m0/s1. The van der Waals surface area contributed by atoms with Crippen LogP contribution in [0.1, 0.15) is 18.7 Å². The van der Waals surface area contributed by atoms with E-state index < -0.39 is 36.5 Å². The Morgan fingerprint density at radius 3 is 2.59 bits per heavy atom. The Kier molecular flexibility index (Phi) is 5.74. The highest BCUT2D eigenvalue weighted by atomic mass is 16.6. The Balaban J connectivity index is 1.54. The molecule has 0 radical (unpaired) electrons. The van der Waals surface area contributed by atoms with E-state index in [4.69, 9.17) is 10.5 Å². The Morgan fingerprint density at radius 2 is 1.91 bits per heavy atom. The molecular formula is C20H23N7O5. The molecule has 1 aliphatic heterocycles. The van der Waals surface area contributed by atoms with Crippen LogP contribution in [0, 0.1) is 6.92 Å². The van der Waals surface area contributed by atoms with Gasteiger partial charge in [-0.15, -0.1) is 0 Å². The monoisotopic (exact) mass is 441 g/mol. The fraction of sp³-hybridized carbons (Fsp3) is 0.350. The minimum Gasteiger partial charge on any atom is -0.387 e. The van der Waals surface area contributed by atoms with Gasteiger partial charge < -0.3 is 26.0 Å². The number of nitrogens with one attached hydrogen (secondary N) is 1. The number of fused-ring (bicyclic) bond motifs is 1. The summed E-state index contributed by atoms with van der Waals surface area (Å²) in [6.07, 6.45) is -3.15. The number of hydrogen-bond acceptors (Lipinski definition) is 9. The summed E-state index contributed by atoms with van der Waals surface area (Å²) in [5.74, 6) is -0.649. The maximum absolute atomic E-state index is 13.0. The molecule has 1 saturated heterocycles. The van der Waals surface area contributed by atoms with E-state index in [0.717, 1.165) is 10.5 Å². The molecule has 3 amide bonds. The second kappa shape index (κ2) is 8.49. The molecule has 3 heterocycles. The van der Waals surface area contributed by atoms with E-state index in [1.807, 2.05) is 19.1 Å². The Bertz CT molecular complexity index is 1150. The van der Waals surface area contributed by atoms with Crippen LogP contribution in [-0.2, 0) is 9.53 Å². The van der Waals surface area contributed by atoms with Crippen molar-refractivity contribution in [1.29, 1.82) is 0 Å². The van der Waals surface area contributed by atoms with Gasteiger partial charge in [0.2, 0.25) is 0 Å². The van der Waals surface area contributed by atoms with Gasteiger partial charge in [0, 0.05) is 12.2 Å². The van der Waals surface area contributed by atoms with Crippen molar-refractivity contribution in [2.45, 2.75) is 38.4 Å². The molecule has 0 saturated carbocycles. The van der Waals surface area contributed by atoms with Crippen molar-refractivity contribution in [3.63, 3.8) is 0 Å². The van der Waals surface area contributed by atoms with Crippen molar-refractivity contribution < 1.29 is 24.5 Å². The molecular weight excluding hydrogens is 418 g/mol. The van der Waals surface area contributed by atoms with Crippen LogP contribution in [0.3, 0.4) is 0 Å². The fourth-order valence-corrected chi connectivity index (χ4v) is 3.53. The van der Waals surface area contributed by atoms with Gasteiger partial charge in [-0.25, -0.2) is 19.7 Å². The van der Waals surface area contributed by atoms with E-state index >= 15 is 0 Å². The lowest BCUT2D eigenvalue weighted by Gasteiger charge is -2.24. The largest absolute Gasteiger partial charge is 0.387 e. The number of aryl methyl sites for hydroxylation is 1. The number of nitrogens with zero attached hydrogens (tertiary/aromatic N) is 5. The van der Waals surface area contributed by atoms with Crippen LogP contribution in [0.25, 0.3) is 11.2 Å². The lowest BCUT2D eigenvalue weighted by molar-refractivity contribution is -0.145. The van der Waals surface area contributed by atoms with Crippen LogP contribution in [0.4, 0.5) is 16.3 Å². The third-order valence-corrected chi connectivity index (χ3v) is 5.27. The highest BCUT2D eigenvalue weighted by molar-refractivity contribution is 6.03. The molecule has 12 nitrogen and oxygen atoms in total. The first-order valence-electron chi connectivity index (χ1n) is 9.95. The number of benzene rings is 1. The molecule has 1 fully saturated rings. The molecule has 1 aromatic carbocycles. The third-order valence-electron chi connectivity index (χ3n) is 5.27. The number of aromatic nitrogens is 4. The number of carbonyl (C=O) groups is 2. The molecule has 1 aliphatic rings. The number of likely N-dealkylation sites (N-methyl/N-ethyl adjacent to an activating group) is 1. The van der Waals surface area contributed by atoms with Gasteiger partial charge >= 0.3 is 6.03 Å². The Morgan fingerprint density at radius 1 is 1.19 bits per heavy atom. The summed E-state index contributed by atoms with van der Waals surface area (Å²) in [6.45, 7) is 3.56. The zero-order chi connectivity index (χ0) is 23.0. The first-order valence-corrected chi connectivity index (χ1v) is 9.95. The maximum Gasteiger partial charge on any atom is 0.328 e. The molecule has 12 heteroatoms. The number of urea groups is 1. The van der Waals surface area contributed by atoms with Gasteiger partial charge in [-0.1, -0.05) is 17.7 Å². The first-order chi connectivity index (χ1) is 15.3. The summed E-state index contributed by atoms with van der Waals surface area (Å²) in [6, 6.07) is 6.39. The van der Waals surface area contributed by atoms with Crippen LogP contribution < -0.4 is 11.1 Å². The van der Waals surface area contributed by atoms with Crippen LogP contribution >= 0.6 is 0 Å². The molecule has 32 heavy (non-hydrogen) atoms. The predicted molar refractivity (Wildman–Crippen MR) is 113 cm³/mol. The maximum atomic E-state index is 13.0. The average molecular weight is 441 g/mol. The van der Waals surface area contributed by atoms with Crippen LogP contribution in [-0.4, -0.2) is 71.4 Å². The van der Waals surface area contributed by atoms with Crippen molar-refractivity contribution >= 4 is 34.6 Å². The SMILES string of the molecule is CCN(C(=O)Nc1ccc(C)cc1)C(=O)[C@H]1O[C@@H](n2cnc3c(N)ncnc32)[C@H](O)[C@@H]1O. The summed E-state index contributed by atoms with van der Waals surface area (Å²) in [7, 11) is 0. The van der Waals surface area contributed by atoms with Crippen molar-refractivity contribution in [3.8, 4) is 0 Å². The predicted octanol–water partition coefficient (Wildman–Crippen LogP) is 0.417. The Hall–Kier alpha value is -3.61. The normalized spacial score (nSPS) is 22.8. The smallest absolute Gasteiger partial charge is 0.328 e. The zero-order valence-electron chi connectivity index (χ0n) is 17.4. The van der Waals surface area contributed by atoms with E-state index in [0.29, 0.717) is 11.2 Å². The molecule has 4 atom stereocenters. The number of nitrogens with two attached hydrogens (primary N) is 1. The molecule has 0 bridgehead atoms. The van der Waals surface area contributed by atoms with E-state index in [-0.39, 0.29) is 18.0 Å². The van der Waals surface area contributed by atoms with E-state index in [2.05, 4.69) is 20.3 Å². The topological polar surface area (TPSA) is 169 Å². The minimum absolute atomic E-state index is 0.0294. The number of ether oxygens (including phenoxy) is 1. The second-order valence-corrected chi connectivity index (χ2v) is 7.39. The van der Waals surface area contributed by atoms with Crippen LogP contribution in [0.5, 0.6) is 0 Å². The summed E-state index contributed by atoms with van der Waals surface area (Å²) in [4.78, 5) is 38.7. The van der Waals surface area contributed by atoms with Gasteiger partial charge in [0.15, 0.2) is 23.8 Å². The summed E-state index contributed by atoms with van der Waals surface area (Å²) in [5, 5.41) is 23.7. The highest BCUT2D eigenvalue weighted by Crippen LogP contribution is 2.33. The quantitative estimate of drug-likeness (QED) is 0.448. The molecule has 168 valence electrons. The minimum atomic E-state index is -1.58. The zero-order valence-corrected chi connectivity index (χ0v) is 17.4. The summed E-state index contributed by atoms with van der Waals surface area (Å²) >= 11 is 0. The third kappa shape index (κ3) is 3.75. The molecule has 3 aromatic rings. The lowest BCUT2D eigenvalue weighted by atomic mass is 10.1. The average Bonchev–Trinajstić information content (AvgIpc) is 3.32. The number of imidazole rings is 1. The van der Waals surface area contributed by atoms with Crippen molar-refractivity contribution in [1.82, 2.24) is 24.4 Å². The van der Waals surface area contributed by atoms with Crippen molar-refractivity contribution in [2.24, 2.45) is 0 Å².